The highest BCUT2D eigenvalue weighted by atomic mass is 32.2. The Labute approximate surface area is 172 Å². The molecule has 1 aliphatic heterocycles. The van der Waals surface area contributed by atoms with Crippen LogP contribution in [0.3, 0.4) is 0 Å². The number of carbonyl (C=O) groups excluding carboxylic acids is 1. The van der Waals surface area contributed by atoms with E-state index < -0.39 is 0 Å². The van der Waals surface area contributed by atoms with E-state index in [1.807, 2.05) is 12.1 Å². The predicted molar refractivity (Wildman–Crippen MR) is 117 cm³/mol. The van der Waals surface area contributed by atoms with Crippen LogP contribution in [0.1, 0.15) is 35.6 Å². The van der Waals surface area contributed by atoms with Gasteiger partial charge in [0.1, 0.15) is 5.75 Å². The molecule has 1 atom stereocenters. The summed E-state index contributed by atoms with van der Waals surface area (Å²) in [4.78, 5) is 14.9. The summed E-state index contributed by atoms with van der Waals surface area (Å²) in [5, 5.41) is 3.15. The summed E-state index contributed by atoms with van der Waals surface area (Å²) < 4.78 is 5.39. The second-order valence-electron chi connectivity index (χ2n) is 7.32. The molecule has 0 saturated carbocycles. The molecular weight excluding hydrogens is 368 g/mol. The molecule has 0 spiro atoms. The highest BCUT2D eigenvalue weighted by Gasteiger charge is 2.24. The first kappa shape index (κ1) is 20.7. The van der Waals surface area contributed by atoms with Crippen molar-refractivity contribution in [1.29, 1.82) is 0 Å². The van der Waals surface area contributed by atoms with Crippen molar-refractivity contribution in [2.45, 2.75) is 31.6 Å². The van der Waals surface area contributed by atoms with Crippen molar-refractivity contribution in [3.05, 3.63) is 65.2 Å². The number of nitrogens with zero attached hydrogens (tertiary/aromatic N) is 1. The number of amides is 1. The lowest BCUT2D eigenvalue weighted by Gasteiger charge is -2.28. The predicted octanol–water partition coefficient (Wildman–Crippen LogP) is 4.19. The van der Waals surface area contributed by atoms with Crippen LogP contribution in [0.4, 0.5) is 0 Å². The van der Waals surface area contributed by atoms with Crippen molar-refractivity contribution in [3.63, 3.8) is 0 Å². The summed E-state index contributed by atoms with van der Waals surface area (Å²) in [6.45, 7) is 4.90. The van der Waals surface area contributed by atoms with Gasteiger partial charge in [0.15, 0.2) is 0 Å². The number of carbonyl (C=O) groups is 1. The van der Waals surface area contributed by atoms with Gasteiger partial charge in [-0.25, -0.2) is 0 Å². The summed E-state index contributed by atoms with van der Waals surface area (Å²) in [6, 6.07) is 16.9. The Kier molecular flexibility index (Phi) is 7.80. The number of rotatable bonds is 9. The average Bonchev–Trinajstić information content (AvgIpc) is 3.23. The maximum Gasteiger partial charge on any atom is 0.230 e. The van der Waals surface area contributed by atoms with Crippen LogP contribution in [0.25, 0.3) is 0 Å². The highest BCUT2D eigenvalue weighted by molar-refractivity contribution is 7.99. The van der Waals surface area contributed by atoms with Gasteiger partial charge in [-0.2, -0.15) is 0 Å². The van der Waals surface area contributed by atoms with Crippen LogP contribution in [-0.2, 0) is 10.5 Å². The smallest absolute Gasteiger partial charge is 0.230 e. The molecule has 5 heteroatoms. The Morgan fingerprint density at radius 1 is 1.18 bits per heavy atom. The molecule has 2 aromatic rings. The zero-order chi connectivity index (χ0) is 19.8. The quantitative estimate of drug-likeness (QED) is 0.688. The first-order chi connectivity index (χ1) is 13.7. The number of thioether (sulfide) groups is 1. The Balaban J connectivity index is 1.53. The molecule has 1 heterocycles. The van der Waals surface area contributed by atoms with Crippen LogP contribution in [-0.4, -0.2) is 43.3 Å². The van der Waals surface area contributed by atoms with E-state index in [1.165, 1.54) is 29.5 Å². The van der Waals surface area contributed by atoms with Crippen LogP contribution >= 0.6 is 11.8 Å². The SMILES string of the molecule is COc1cccc(C(CNC(=O)CSCc2cccc(C)c2)N2CCCC2)c1. The minimum atomic E-state index is 0.102. The first-order valence-corrected chi connectivity index (χ1v) is 11.1. The molecule has 150 valence electrons. The van der Waals surface area contributed by atoms with Gasteiger partial charge in [-0.1, -0.05) is 42.0 Å². The summed E-state index contributed by atoms with van der Waals surface area (Å²) in [6.07, 6.45) is 2.45. The minimum absolute atomic E-state index is 0.102. The van der Waals surface area contributed by atoms with Crippen molar-refractivity contribution < 1.29 is 9.53 Å². The summed E-state index contributed by atoms with van der Waals surface area (Å²) in [5.41, 5.74) is 3.73. The second-order valence-corrected chi connectivity index (χ2v) is 8.31. The summed E-state index contributed by atoms with van der Waals surface area (Å²) in [7, 11) is 1.69. The Bertz CT molecular complexity index is 775. The second kappa shape index (κ2) is 10.5. The molecule has 0 bridgehead atoms. The molecule has 1 unspecified atom stereocenters. The highest BCUT2D eigenvalue weighted by Crippen LogP contribution is 2.27. The Morgan fingerprint density at radius 3 is 2.71 bits per heavy atom. The molecular formula is C23H30N2O2S. The van der Waals surface area contributed by atoms with Crippen molar-refractivity contribution in [2.75, 3.05) is 32.5 Å². The molecule has 0 aliphatic carbocycles. The van der Waals surface area contributed by atoms with Crippen LogP contribution in [0.2, 0.25) is 0 Å². The van der Waals surface area contributed by atoms with Gasteiger partial charge in [0, 0.05) is 12.3 Å². The first-order valence-electron chi connectivity index (χ1n) is 9.93. The standard InChI is InChI=1S/C23H30N2O2S/c1-18-7-5-8-19(13-18)16-28-17-23(26)24-15-22(25-11-3-4-12-25)20-9-6-10-21(14-20)27-2/h5-10,13-14,22H,3-4,11-12,15-17H2,1-2H3,(H,24,26). The molecule has 28 heavy (non-hydrogen) atoms. The molecule has 1 N–H and O–H groups in total. The third-order valence-electron chi connectivity index (χ3n) is 5.14. The van der Waals surface area contributed by atoms with E-state index in [0.29, 0.717) is 12.3 Å². The van der Waals surface area contributed by atoms with Gasteiger partial charge < -0.3 is 10.1 Å². The molecule has 1 fully saturated rings. The van der Waals surface area contributed by atoms with Crippen LogP contribution in [0.15, 0.2) is 48.5 Å². The van der Waals surface area contributed by atoms with Crippen molar-refractivity contribution in [1.82, 2.24) is 10.2 Å². The lowest BCUT2D eigenvalue weighted by Crippen LogP contribution is -2.37. The van der Waals surface area contributed by atoms with Crippen molar-refractivity contribution in [3.8, 4) is 5.75 Å². The van der Waals surface area contributed by atoms with Gasteiger partial charge in [-0.3, -0.25) is 9.69 Å². The number of methoxy groups -OCH3 is 1. The Morgan fingerprint density at radius 2 is 1.96 bits per heavy atom. The lowest BCUT2D eigenvalue weighted by molar-refractivity contribution is -0.118. The van der Waals surface area contributed by atoms with Crippen molar-refractivity contribution in [2.24, 2.45) is 0 Å². The molecule has 0 aromatic heterocycles. The van der Waals surface area contributed by atoms with E-state index in [9.17, 15) is 4.79 Å². The number of ether oxygens (including phenoxy) is 1. The Hall–Kier alpha value is -1.98. The van der Waals surface area contributed by atoms with E-state index in [4.69, 9.17) is 4.74 Å². The van der Waals surface area contributed by atoms with Gasteiger partial charge in [0.05, 0.1) is 18.9 Å². The number of aryl methyl sites for hydroxylation is 1. The van der Waals surface area contributed by atoms with E-state index in [2.05, 4.69) is 53.5 Å². The van der Waals surface area contributed by atoms with Crippen LogP contribution in [0, 0.1) is 6.92 Å². The molecule has 0 radical (unpaired) electrons. The minimum Gasteiger partial charge on any atom is -0.497 e. The lowest BCUT2D eigenvalue weighted by atomic mass is 10.0. The molecule has 4 nitrogen and oxygen atoms in total. The van der Waals surface area contributed by atoms with Gasteiger partial charge in [0.2, 0.25) is 5.91 Å². The van der Waals surface area contributed by atoms with Crippen LogP contribution in [0.5, 0.6) is 5.75 Å². The number of benzene rings is 2. The van der Waals surface area contributed by atoms with Gasteiger partial charge >= 0.3 is 0 Å². The van der Waals surface area contributed by atoms with Gasteiger partial charge in [-0.15, -0.1) is 11.8 Å². The third-order valence-corrected chi connectivity index (χ3v) is 6.14. The maximum absolute atomic E-state index is 12.4. The molecule has 1 amide bonds. The number of hydrogen-bond acceptors (Lipinski definition) is 4. The number of likely N-dealkylation sites (tertiary alicyclic amines) is 1. The summed E-state index contributed by atoms with van der Waals surface area (Å²) >= 11 is 1.66. The van der Waals surface area contributed by atoms with E-state index >= 15 is 0 Å². The van der Waals surface area contributed by atoms with Crippen molar-refractivity contribution >= 4 is 17.7 Å². The number of hydrogen-bond donors (Lipinski definition) is 1. The number of nitrogens with one attached hydrogen (secondary N) is 1. The van der Waals surface area contributed by atoms with Crippen LogP contribution < -0.4 is 10.1 Å². The zero-order valence-corrected chi connectivity index (χ0v) is 17.6. The summed E-state index contributed by atoms with van der Waals surface area (Å²) in [5.74, 6) is 2.31. The molecule has 2 aromatic carbocycles. The maximum atomic E-state index is 12.4. The fourth-order valence-corrected chi connectivity index (χ4v) is 4.49. The molecule has 1 saturated heterocycles. The largest absolute Gasteiger partial charge is 0.497 e. The topological polar surface area (TPSA) is 41.6 Å². The van der Waals surface area contributed by atoms with Gasteiger partial charge in [-0.05, 0) is 56.1 Å². The monoisotopic (exact) mass is 398 g/mol. The zero-order valence-electron chi connectivity index (χ0n) is 16.8. The third kappa shape index (κ3) is 6.01. The van der Waals surface area contributed by atoms with Gasteiger partial charge in [0.25, 0.3) is 0 Å². The van der Waals surface area contributed by atoms with E-state index in [1.54, 1.807) is 18.9 Å². The normalized spacial score (nSPS) is 15.4. The molecule has 3 rings (SSSR count). The fourth-order valence-electron chi connectivity index (χ4n) is 3.68. The van der Waals surface area contributed by atoms with E-state index in [0.717, 1.165) is 24.6 Å². The van der Waals surface area contributed by atoms with E-state index in [-0.39, 0.29) is 11.9 Å². The molecule has 1 aliphatic rings. The fraction of sp³-hybridized carbons (Fsp3) is 0.435. The average molecular weight is 399 g/mol.